The van der Waals surface area contributed by atoms with Crippen molar-refractivity contribution in [3.63, 3.8) is 0 Å². The molecule has 1 amide bonds. The van der Waals surface area contributed by atoms with Gasteiger partial charge in [-0.1, -0.05) is 0 Å². The molecule has 0 heterocycles. The van der Waals surface area contributed by atoms with Crippen LogP contribution in [0, 0.1) is 10.1 Å². The van der Waals surface area contributed by atoms with E-state index in [0.717, 1.165) is 0 Å². The molecule has 0 saturated carbocycles. The Morgan fingerprint density at radius 1 is 1.53 bits per heavy atom. The lowest BCUT2D eigenvalue weighted by atomic mass is 10.2. The van der Waals surface area contributed by atoms with Crippen LogP contribution in [0.1, 0.15) is 17.3 Å². The number of amides is 1. The summed E-state index contributed by atoms with van der Waals surface area (Å²) in [6, 6.07) is 4.50. The first-order chi connectivity index (χ1) is 8.82. The lowest BCUT2D eigenvalue weighted by Crippen LogP contribution is -2.38. The van der Waals surface area contributed by atoms with Crippen LogP contribution in [-0.4, -0.2) is 42.4 Å². The van der Waals surface area contributed by atoms with Gasteiger partial charge in [0.1, 0.15) is 0 Å². The zero-order chi connectivity index (χ0) is 14.6. The van der Waals surface area contributed by atoms with Crippen molar-refractivity contribution >= 4 is 27.5 Å². The SMILES string of the molecule is CC(CNC(=O)c1ccc(Br)c([N+](=O)[O-])c1)N(C)C. The molecule has 1 aromatic carbocycles. The van der Waals surface area contributed by atoms with E-state index in [9.17, 15) is 14.9 Å². The number of rotatable bonds is 5. The summed E-state index contributed by atoms with van der Waals surface area (Å²) in [5.41, 5.74) is 0.161. The van der Waals surface area contributed by atoms with Gasteiger partial charge in [0.15, 0.2) is 0 Å². The number of nitrogens with one attached hydrogen (secondary N) is 1. The third kappa shape index (κ3) is 4.29. The molecule has 7 heteroatoms. The van der Waals surface area contributed by atoms with Crippen molar-refractivity contribution < 1.29 is 9.72 Å². The van der Waals surface area contributed by atoms with E-state index in [4.69, 9.17) is 0 Å². The maximum Gasteiger partial charge on any atom is 0.284 e. The highest BCUT2D eigenvalue weighted by molar-refractivity contribution is 9.10. The Morgan fingerprint density at radius 3 is 2.68 bits per heavy atom. The Balaban J connectivity index is 2.78. The molecular formula is C12H16BrN3O3. The van der Waals surface area contributed by atoms with Gasteiger partial charge in [0.25, 0.3) is 11.6 Å². The summed E-state index contributed by atoms with van der Waals surface area (Å²) in [4.78, 5) is 24.1. The van der Waals surface area contributed by atoms with E-state index in [1.807, 2.05) is 25.9 Å². The van der Waals surface area contributed by atoms with Crippen LogP contribution in [0.15, 0.2) is 22.7 Å². The van der Waals surface area contributed by atoms with Crippen molar-refractivity contribution in [3.05, 3.63) is 38.3 Å². The Hall–Kier alpha value is -1.47. The Kier molecular flexibility index (Phi) is 5.44. The Bertz CT molecular complexity index is 491. The van der Waals surface area contributed by atoms with E-state index in [1.54, 1.807) is 6.07 Å². The normalized spacial score (nSPS) is 12.3. The standard InChI is InChI=1S/C12H16BrN3O3/c1-8(15(2)3)7-14-12(17)9-4-5-10(13)11(6-9)16(18)19/h4-6,8H,7H2,1-3H3,(H,14,17). The highest BCUT2D eigenvalue weighted by Gasteiger charge is 2.16. The summed E-state index contributed by atoms with van der Waals surface area (Å²) in [6.07, 6.45) is 0. The first-order valence-electron chi connectivity index (χ1n) is 5.71. The van der Waals surface area contributed by atoms with Crippen LogP contribution in [-0.2, 0) is 0 Å². The number of nitro benzene ring substituents is 1. The predicted molar refractivity (Wildman–Crippen MR) is 76.3 cm³/mol. The Labute approximate surface area is 120 Å². The number of hydrogen-bond acceptors (Lipinski definition) is 4. The molecule has 1 aromatic rings. The van der Waals surface area contributed by atoms with Crippen molar-refractivity contribution in [1.82, 2.24) is 10.2 Å². The van der Waals surface area contributed by atoms with Crippen molar-refractivity contribution in [2.75, 3.05) is 20.6 Å². The largest absolute Gasteiger partial charge is 0.350 e. The van der Waals surface area contributed by atoms with E-state index in [2.05, 4.69) is 21.2 Å². The molecule has 0 saturated heterocycles. The number of hydrogen-bond donors (Lipinski definition) is 1. The second kappa shape index (κ2) is 6.63. The molecule has 1 atom stereocenters. The fourth-order valence-electron chi connectivity index (χ4n) is 1.32. The first-order valence-corrected chi connectivity index (χ1v) is 6.50. The summed E-state index contributed by atoms with van der Waals surface area (Å²) < 4.78 is 0.357. The van der Waals surface area contributed by atoms with Crippen molar-refractivity contribution in [1.29, 1.82) is 0 Å². The molecule has 0 fully saturated rings. The highest BCUT2D eigenvalue weighted by Crippen LogP contribution is 2.25. The van der Waals surface area contributed by atoms with Crippen molar-refractivity contribution in [2.24, 2.45) is 0 Å². The fraction of sp³-hybridized carbons (Fsp3) is 0.417. The molecule has 1 rings (SSSR count). The van der Waals surface area contributed by atoms with Crippen molar-refractivity contribution in [3.8, 4) is 0 Å². The van der Waals surface area contributed by atoms with E-state index < -0.39 is 4.92 Å². The zero-order valence-corrected chi connectivity index (χ0v) is 12.6. The molecule has 1 N–H and O–H groups in total. The number of likely N-dealkylation sites (N-methyl/N-ethyl adjacent to an activating group) is 1. The smallest absolute Gasteiger partial charge is 0.284 e. The van der Waals surface area contributed by atoms with Crippen LogP contribution in [0.2, 0.25) is 0 Å². The molecule has 104 valence electrons. The molecule has 19 heavy (non-hydrogen) atoms. The monoisotopic (exact) mass is 329 g/mol. The van der Waals surface area contributed by atoms with E-state index in [0.29, 0.717) is 11.0 Å². The second-order valence-electron chi connectivity index (χ2n) is 4.45. The van der Waals surface area contributed by atoms with Gasteiger partial charge in [-0.2, -0.15) is 0 Å². The molecule has 0 radical (unpaired) electrons. The maximum atomic E-state index is 11.9. The average Bonchev–Trinajstić information content (AvgIpc) is 2.35. The van der Waals surface area contributed by atoms with Crippen LogP contribution in [0.4, 0.5) is 5.69 Å². The van der Waals surface area contributed by atoms with Gasteiger partial charge in [-0.15, -0.1) is 0 Å². The van der Waals surface area contributed by atoms with E-state index >= 15 is 0 Å². The molecule has 0 spiro atoms. The van der Waals surface area contributed by atoms with Gasteiger partial charge in [0, 0.05) is 24.2 Å². The number of nitro groups is 1. The third-order valence-electron chi connectivity index (χ3n) is 2.84. The van der Waals surface area contributed by atoms with Gasteiger partial charge < -0.3 is 10.2 Å². The number of halogens is 1. The molecule has 0 aliphatic rings. The van der Waals surface area contributed by atoms with Gasteiger partial charge >= 0.3 is 0 Å². The number of carbonyl (C=O) groups excluding carboxylic acids is 1. The molecule has 6 nitrogen and oxygen atoms in total. The minimum Gasteiger partial charge on any atom is -0.350 e. The number of benzene rings is 1. The molecule has 1 unspecified atom stereocenters. The lowest BCUT2D eigenvalue weighted by molar-refractivity contribution is -0.385. The van der Waals surface area contributed by atoms with Gasteiger partial charge in [0.2, 0.25) is 0 Å². The molecule has 0 aromatic heterocycles. The average molecular weight is 330 g/mol. The third-order valence-corrected chi connectivity index (χ3v) is 3.52. The summed E-state index contributed by atoms with van der Waals surface area (Å²) in [5, 5.41) is 13.5. The predicted octanol–water partition coefficient (Wildman–Crippen LogP) is 2.04. The van der Waals surface area contributed by atoms with Crippen molar-refractivity contribution in [2.45, 2.75) is 13.0 Å². The summed E-state index contributed by atoms with van der Waals surface area (Å²) in [6.45, 7) is 2.46. The molecule has 0 aliphatic carbocycles. The van der Waals surface area contributed by atoms with Crippen LogP contribution in [0.25, 0.3) is 0 Å². The zero-order valence-electron chi connectivity index (χ0n) is 11.0. The lowest BCUT2D eigenvalue weighted by Gasteiger charge is -2.19. The summed E-state index contributed by atoms with van der Waals surface area (Å²) >= 11 is 3.08. The fourth-order valence-corrected chi connectivity index (χ4v) is 1.71. The first kappa shape index (κ1) is 15.6. The van der Waals surface area contributed by atoms with Crippen LogP contribution >= 0.6 is 15.9 Å². The van der Waals surface area contributed by atoms with Gasteiger partial charge in [-0.05, 0) is 49.1 Å². The van der Waals surface area contributed by atoms with Gasteiger partial charge in [-0.25, -0.2) is 0 Å². The summed E-state index contributed by atoms with van der Waals surface area (Å²) in [5.74, 6) is -0.315. The van der Waals surface area contributed by atoms with Crippen LogP contribution in [0.5, 0.6) is 0 Å². The summed E-state index contributed by atoms with van der Waals surface area (Å²) in [7, 11) is 3.84. The topological polar surface area (TPSA) is 75.5 Å². The van der Waals surface area contributed by atoms with Gasteiger partial charge in [0.05, 0.1) is 9.40 Å². The molecule has 0 bridgehead atoms. The number of carbonyl (C=O) groups is 1. The highest BCUT2D eigenvalue weighted by atomic mass is 79.9. The maximum absolute atomic E-state index is 11.9. The second-order valence-corrected chi connectivity index (χ2v) is 5.30. The minimum atomic E-state index is -0.524. The molecular weight excluding hydrogens is 314 g/mol. The van der Waals surface area contributed by atoms with Gasteiger partial charge in [-0.3, -0.25) is 14.9 Å². The van der Waals surface area contributed by atoms with Crippen LogP contribution in [0.3, 0.4) is 0 Å². The van der Waals surface area contributed by atoms with E-state index in [-0.39, 0.29) is 23.2 Å². The van der Waals surface area contributed by atoms with E-state index in [1.165, 1.54) is 12.1 Å². The quantitative estimate of drug-likeness (QED) is 0.662. The Morgan fingerprint density at radius 2 is 2.16 bits per heavy atom. The van der Waals surface area contributed by atoms with Crippen LogP contribution < -0.4 is 5.32 Å². The number of nitrogens with zero attached hydrogens (tertiary/aromatic N) is 2. The molecule has 0 aliphatic heterocycles. The minimum absolute atomic E-state index is 0.117.